The van der Waals surface area contributed by atoms with E-state index < -0.39 is 0 Å². The number of nitrogens with one attached hydrogen (secondary N) is 1. The summed E-state index contributed by atoms with van der Waals surface area (Å²) in [6.07, 6.45) is 12.2. The molecule has 0 aromatic heterocycles. The van der Waals surface area contributed by atoms with Crippen molar-refractivity contribution in [1.29, 1.82) is 0 Å². The highest BCUT2D eigenvalue weighted by atomic mass is 32.2. The van der Waals surface area contributed by atoms with Crippen molar-refractivity contribution in [2.75, 3.05) is 25.9 Å². The van der Waals surface area contributed by atoms with Crippen LogP contribution in [0, 0.1) is 5.92 Å². The monoisotopic (exact) mass is 312 g/mol. The average molecular weight is 313 g/mol. The summed E-state index contributed by atoms with van der Waals surface area (Å²) in [5, 5.41) is 3.80. The summed E-state index contributed by atoms with van der Waals surface area (Å²) in [7, 11) is 0. The fraction of sp³-hybridized carbons (Fsp3) is 1.00. The van der Waals surface area contributed by atoms with E-state index in [0.29, 0.717) is 10.8 Å². The van der Waals surface area contributed by atoms with Gasteiger partial charge in [0.2, 0.25) is 0 Å². The first-order chi connectivity index (χ1) is 10.1. The number of rotatable bonds is 6. The number of piperazine rings is 1. The van der Waals surface area contributed by atoms with Gasteiger partial charge in [0.15, 0.2) is 0 Å². The van der Waals surface area contributed by atoms with Gasteiger partial charge in [0, 0.05) is 36.5 Å². The van der Waals surface area contributed by atoms with E-state index in [9.17, 15) is 0 Å². The SMILES string of the molecule is CCCC1CN(CC2(SC)CCCCC2)C(C(C)C)CN1. The van der Waals surface area contributed by atoms with Crippen LogP contribution in [0.15, 0.2) is 0 Å². The van der Waals surface area contributed by atoms with E-state index in [-0.39, 0.29) is 0 Å². The van der Waals surface area contributed by atoms with Crippen molar-refractivity contribution in [3.63, 3.8) is 0 Å². The van der Waals surface area contributed by atoms with Crippen LogP contribution in [0.2, 0.25) is 0 Å². The molecule has 2 rings (SSSR count). The molecule has 0 radical (unpaired) electrons. The predicted octanol–water partition coefficient (Wildman–Crippen LogP) is 4.15. The van der Waals surface area contributed by atoms with Gasteiger partial charge in [-0.1, -0.05) is 46.5 Å². The van der Waals surface area contributed by atoms with Crippen molar-refractivity contribution in [3.05, 3.63) is 0 Å². The Morgan fingerprint density at radius 1 is 1.24 bits per heavy atom. The van der Waals surface area contributed by atoms with Gasteiger partial charge < -0.3 is 5.32 Å². The molecule has 1 N–H and O–H groups in total. The second kappa shape index (κ2) is 8.21. The zero-order chi connectivity index (χ0) is 15.3. The molecule has 1 aliphatic carbocycles. The maximum atomic E-state index is 3.80. The van der Waals surface area contributed by atoms with Gasteiger partial charge in [-0.2, -0.15) is 11.8 Å². The van der Waals surface area contributed by atoms with E-state index in [0.717, 1.165) is 12.0 Å². The van der Waals surface area contributed by atoms with Gasteiger partial charge in [-0.15, -0.1) is 0 Å². The van der Waals surface area contributed by atoms with E-state index in [1.165, 1.54) is 64.6 Å². The Hall–Kier alpha value is 0.270. The van der Waals surface area contributed by atoms with Gasteiger partial charge >= 0.3 is 0 Å². The summed E-state index contributed by atoms with van der Waals surface area (Å²) in [6.45, 7) is 10.9. The fourth-order valence-corrected chi connectivity index (χ4v) is 5.27. The first-order valence-corrected chi connectivity index (χ1v) is 10.4. The molecule has 2 nitrogen and oxygen atoms in total. The first-order valence-electron chi connectivity index (χ1n) is 9.13. The van der Waals surface area contributed by atoms with Crippen LogP contribution in [0.3, 0.4) is 0 Å². The predicted molar refractivity (Wildman–Crippen MR) is 96.2 cm³/mol. The molecule has 0 spiro atoms. The molecule has 0 bridgehead atoms. The Labute approximate surface area is 136 Å². The summed E-state index contributed by atoms with van der Waals surface area (Å²) >= 11 is 2.15. The molecule has 0 aromatic carbocycles. The average Bonchev–Trinajstić information content (AvgIpc) is 2.48. The van der Waals surface area contributed by atoms with E-state index in [4.69, 9.17) is 0 Å². The lowest BCUT2D eigenvalue weighted by molar-refractivity contribution is 0.0792. The number of hydrogen-bond acceptors (Lipinski definition) is 3. The van der Waals surface area contributed by atoms with Crippen LogP contribution in [-0.4, -0.2) is 47.6 Å². The van der Waals surface area contributed by atoms with Crippen LogP contribution < -0.4 is 5.32 Å². The van der Waals surface area contributed by atoms with Gasteiger partial charge in [-0.3, -0.25) is 4.90 Å². The molecular weight excluding hydrogens is 276 g/mol. The third kappa shape index (κ3) is 4.62. The van der Waals surface area contributed by atoms with Crippen molar-refractivity contribution in [3.8, 4) is 0 Å². The minimum atomic E-state index is 0.541. The van der Waals surface area contributed by atoms with Gasteiger partial charge in [0.25, 0.3) is 0 Å². The largest absolute Gasteiger partial charge is 0.311 e. The Balaban J connectivity index is 2.03. The second-order valence-electron chi connectivity index (χ2n) is 7.58. The van der Waals surface area contributed by atoms with Gasteiger partial charge in [0.05, 0.1) is 0 Å². The molecule has 1 aliphatic heterocycles. The van der Waals surface area contributed by atoms with E-state index in [1.54, 1.807) is 0 Å². The van der Waals surface area contributed by atoms with Crippen molar-refractivity contribution >= 4 is 11.8 Å². The first kappa shape index (κ1) is 17.6. The fourth-order valence-electron chi connectivity index (χ4n) is 4.27. The maximum absolute atomic E-state index is 3.80. The Morgan fingerprint density at radius 2 is 1.95 bits per heavy atom. The Morgan fingerprint density at radius 3 is 2.52 bits per heavy atom. The number of nitrogens with zero attached hydrogens (tertiary/aromatic N) is 1. The van der Waals surface area contributed by atoms with Crippen LogP contribution in [0.1, 0.15) is 65.7 Å². The summed E-state index contributed by atoms with van der Waals surface area (Å²) < 4.78 is 0.541. The highest BCUT2D eigenvalue weighted by Crippen LogP contribution is 2.40. The van der Waals surface area contributed by atoms with Crippen LogP contribution in [0.4, 0.5) is 0 Å². The Bertz CT molecular complexity index is 300. The van der Waals surface area contributed by atoms with E-state index >= 15 is 0 Å². The third-order valence-corrected chi connectivity index (χ3v) is 7.04. The molecule has 124 valence electrons. The molecule has 0 amide bonds. The van der Waals surface area contributed by atoms with Crippen LogP contribution in [0.5, 0.6) is 0 Å². The normalized spacial score (nSPS) is 30.7. The summed E-state index contributed by atoms with van der Waals surface area (Å²) in [6, 6.07) is 1.44. The minimum absolute atomic E-state index is 0.541. The molecule has 21 heavy (non-hydrogen) atoms. The van der Waals surface area contributed by atoms with Crippen LogP contribution >= 0.6 is 11.8 Å². The van der Waals surface area contributed by atoms with Crippen molar-refractivity contribution in [2.45, 2.75) is 82.5 Å². The summed E-state index contributed by atoms with van der Waals surface area (Å²) in [5.74, 6) is 0.752. The Kier molecular flexibility index (Phi) is 6.89. The highest BCUT2D eigenvalue weighted by Gasteiger charge is 2.38. The van der Waals surface area contributed by atoms with Crippen LogP contribution in [-0.2, 0) is 0 Å². The third-order valence-electron chi connectivity index (χ3n) is 5.64. The molecular formula is C18H36N2S. The van der Waals surface area contributed by atoms with Gasteiger partial charge in [-0.25, -0.2) is 0 Å². The van der Waals surface area contributed by atoms with Crippen molar-refractivity contribution in [2.24, 2.45) is 5.92 Å². The molecule has 1 saturated carbocycles. The highest BCUT2D eigenvalue weighted by molar-refractivity contribution is 8.00. The molecule has 1 saturated heterocycles. The summed E-state index contributed by atoms with van der Waals surface area (Å²) in [4.78, 5) is 2.85. The van der Waals surface area contributed by atoms with Crippen LogP contribution in [0.25, 0.3) is 0 Å². The lowest BCUT2D eigenvalue weighted by Gasteiger charge is -2.48. The number of thioether (sulfide) groups is 1. The smallest absolute Gasteiger partial charge is 0.0284 e. The quantitative estimate of drug-likeness (QED) is 0.793. The molecule has 2 atom stereocenters. The summed E-state index contributed by atoms with van der Waals surface area (Å²) in [5.41, 5.74) is 0. The van der Waals surface area contributed by atoms with E-state index in [1.807, 2.05) is 0 Å². The molecule has 2 aliphatic rings. The molecule has 2 unspecified atom stereocenters. The lowest BCUT2D eigenvalue weighted by atomic mass is 9.86. The second-order valence-corrected chi connectivity index (χ2v) is 8.86. The number of hydrogen-bond donors (Lipinski definition) is 1. The lowest BCUT2D eigenvalue weighted by Crippen LogP contribution is -2.61. The van der Waals surface area contributed by atoms with Crippen molar-refractivity contribution in [1.82, 2.24) is 10.2 Å². The van der Waals surface area contributed by atoms with Gasteiger partial charge in [-0.05, 0) is 31.4 Å². The minimum Gasteiger partial charge on any atom is -0.311 e. The topological polar surface area (TPSA) is 15.3 Å². The molecule has 3 heteroatoms. The van der Waals surface area contributed by atoms with E-state index in [2.05, 4.69) is 49.0 Å². The molecule has 2 fully saturated rings. The standard InChI is InChI=1S/C18H36N2S/c1-5-9-16-13-20(17(12-19-16)15(2)3)14-18(21-4)10-7-6-8-11-18/h15-17,19H,5-14H2,1-4H3. The van der Waals surface area contributed by atoms with Crippen molar-refractivity contribution < 1.29 is 0 Å². The molecule has 1 heterocycles. The zero-order valence-corrected chi connectivity index (χ0v) is 15.5. The maximum Gasteiger partial charge on any atom is 0.0284 e. The van der Waals surface area contributed by atoms with Gasteiger partial charge in [0.1, 0.15) is 0 Å². The molecule has 0 aromatic rings. The zero-order valence-electron chi connectivity index (χ0n) is 14.7.